The van der Waals surface area contributed by atoms with Gasteiger partial charge in [-0.3, -0.25) is 9.78 Å². The molecule has 20 heavy (non-hydrogen) atoms. The second-order valence-corrected chi connectivity index (χ2v) is 4.34. The molecule has 112 valence electrons. The van der Waals surface area contributed by atoms with E-state index in [2.05, 4.69) is 9.72 Å². The fourth-order valence-corrected chi connectivity index (χ4v) is 1.57. The smallest absolute Gasteiger partial charge is 0.250 e. The highest BCUT2D eigenvalue weighted by molar-refractivity contribution is 5.92. The predicted octanol–water partition coefficient (Wildman–Crippen LogP) is -2.09. The normalized spacial score (nSPS) is 28.6. The maximum absolute atomic E-state index is 10.5. The van der Waals surface area contributed by atoms with Crippen molar-refractivity contribution in [2.75, 3.05) is 6.61 Å². The number of ether oxygens (including phenoxy) is 1. The van der Waals surface area contributed by atoms with Crippen LogP contribution in [0.2, 0.25) is 0 Å². The molecule has 0 aliphatic carbocycles. The number of aliphatic hydroxyl groups excluding tert-OH is 4. The van der Waals surface area contributed by atoms with Crippen molar-refractivity contribution in [1.29, 1.82) is 0 Å². The molecule has 1 fully saturated rings. The molecule has 8 nitrogen and oxygen atoms in total. The van der Waals surface area contributed by atoms with E-state index >= 15 is 0 Å². The number of nitrogens with zero attached hydrogens (tertiary/aromatic N) is 1. The van der Waals surface area contributed by atoms with E-state index < -0.39 is 37.1 Å². The summed E-state index contributed by atoms with van der Waals surface area (Å²) in [5, 5.41) is 35.0. The van der Waals surface area contributed by atoms with Gasteiger partial charge in [-0.1, -0.05) is 0 Å². The lowest BCUT2D eigenvalue weighted by Gasteiger charge is -2.09. The Bertz CT molecular complexity index is 455. The first kappa shape index (κ1) is 16.5. The van der Waals surface area contributed by atoms with Crippen molar-refractivity contribution >= 4 is 5.91 Å². The van der Waals surface area contributed by atoms with Gasteiger partial charge >= 0.3 is 0 Å². The molecule has 1 aromatic heterocycles. The van der Waals surface area contributed by atoms with Crippen molar-refractivity contribution in [3.63, 3.8) is 0 Å². The number of rotatable bonds is 2. The Morgan fingerprint density at radius 2 is 2.00 bits per heavy atom. The number of aryl methyl sites for hydroxylation is 1. The monoisotopic (exact) mass is 286 g/mol. The van der Waals surface area contributed by atoms with Gasteiger partial charge in [0.25, 0.3) is 0 Å². The van der Waals surface area contributed by atoms with Crippen LogP contribution < -0.4 is 5.73 Å². The number of pyridine rings is 1. The van der Waals surface area contributed by atoms with E-state index in [1.807, 2.05) is 6.92 Å². The summed E-state index contributed by atoms with van der Waals surface area (Å²) >= 11 is 0. The molecule has 1 saturated heterocycles. The molecular formula is C12H18N2O6. The van der Waals surface area contributed by atoms with Gasteiger partial charge < -0.3 is 30.9 Å². The van der Waals surface area contributed by atoms with Gasteiger partial charge in [-0.05, 0) is 18.6 Å². The van der Waals surface area contributed by atoms with Crippen LogP contribution >= 0.6 is 0 Å². The first-order valence-corrected chi connectivity index (χ1v) is 5.88. The number of carbonyl (C=O) groups excluding carboxylic acids is 1. The molecular weight excluding hydrogens is 268 g/mol. The zero-order valence-corrected chi connectivity index (χ0v) is 10.9. The maximum atomic E-state index is 10.5. The number of carbonyl (C=O) groups is 1. The molecule has 1 unspecified atom stereocenters. The second-order valence-electron chi connectivity index (χ2n) is 4.34. The Balaban J connectivity index is 0.000000200. The molecule has 1 amide bonds. The number of hydrogen-bond acceptors (Lipinski definition) is 7. The number of hydrogen-bond donors (Lipinski definition) is 5. The van der Waals surface area contributed by atoms with Crippen LogP contribution in [0, 0.1) is 6.92 Å². The third-order valence-electron chi connectivity index (χ3n) is 2.68. The number of aliphatic hydroxyl groups is 4. The summed E-state index contributed by atoms with van der Waals surface area (Å²) in [5.41, 5.74) is 6.40. The minimum atomic E-state index is -1.38. The molecule has 0 bridgehead atoms. The lowest BCUT2D eigenvalue weighted by molar-refractivity contribution is -0.132. The molecule has 0 radical (unpaired) electrons. The average Bonchev–Trinajstić information content (AvgIpc) is 2.66. The number of aromatic nitrogens is 1. The topological polar surface area (TPSA) is 146 Å². The Morgan fingerprint density at radius 3 is 2.30 bits per heavy atom. The van der Waals surface area contributed by atoms with E-state index in [0.29, 0.717) is 5.56 Å². The highest BCUT2D eigenvalue weighted by Gasteiger charge is 2.41. The molecule has 2 heterocycles. The van der Waals surface area contributed by atoms with Crippen LogP contribution in [0.4, 0.5) is 0 Å². The Labute approximate surface area is 115 Å². The second kappa shape index (κ2) is 7.27. The standard InChI is InChI=1S/C7H8N2O.C5H10O5/c1-5-2-6(7(8)10)4-9-3-5;6-1-2-3(7)4(8)5(9)10-2/h2-4H,1H3,(H2,8,10);2-9H,1H2/t;2-,3-,4-,5?/m.1/s1. The van der Waals surface area contributed by atoms with E-state index in [0.717, 1.165) is 5.56 Å². The number of primary amides is 1. The first-order chi connectivity index (χ1) is 9.36. The molecule has 1 aliphatic rings. The zero-order valence-electron chi connectivity index (χ0n) is 10.9. The average molecular weight is 286 g/mol. The van der Waals surface area contributed by atoms with E-state index in [9.17, 15) is 4.79 Å². The van der Waals surface area contributed by atoms with E-state index in [1.165, 1.54) is 6.20 Å². The summed E-state index contributed by atoms with van der Waals surface area (Å²) in [6.45, 7) is 1.45. The van der Waals surface area contributed by atoms with Gasteiger partial charge in [-0.25, -0.2) is 0 Å². The molecule has 0 aromatic carbocycles. The lowest BCUT2D eigenvalue weighted by Crippen LogP contribution is -2.33. The summed E-state index contributed by atoms with van der Waals surface area (Å²) in [5.74, 6) is -0.434. The summed E-state index contributed by atoms with van der Waals surface area (Å²) in [4.78, 5) is 14.3. The van der Waals surface area contributed by atoms with Crippen molar-refractivity contribution in [2.45, 2.75) is 31.5 Å². The summed E-state index contributed by atoms with van der Waals surface area (Å²) in [7, 11) is 0. The zero-order chi connectivity index (χ0) is 15.3. The molecule has 6 N–H and O–H groups in total. The minimum Gasteiger partial charge on any atom is -0.394 e. The fraction of sp³-hybridized carbons (Fsp3) is 0.500. The van der Waals surface area contributed by atoms with Crippen molar-refractivity contribution in [2.24, 2.45) is 5.73 Å². The molecule has 1 aromatic rings. The molecule has 8 heteroatoms. The van der Waals surface area contributed by atoms with Crippen LogP contribution in [0.15, 0.2) is 18.5 Å². The van der Waals surface area contributed by atoms with Crippen molar-refractivity contribution in [3.8, 4) is 0 Å². The quantitative estimate of drug-likeness (QED) is 0.419. The van der Waals surface area contributed by atoms with Crippen molar-refractivity contribution in [3.05, 3.63) is 29.6 Å². The van der Waals surface area contributed by atoms with Gasteiger partial charge in [0.1, 0.15) is 18.3 Å². The van der Waals surface area contributed by atoms with E-state index in [1.54, 1.807) is 12.3 Å². The SMILES string of the molecule is Cc1cncc(C(N)=O)c1.OC[C@H]1OC(O)[C@H](O)[C@@H]1O. The molecule has 4 atom stereocenters. The molecule has 0 spiro atoms. The summed E-state index contributed by atoms with van der Waals surface area (Å²) < 4.78 is 4.54. The highest BCUT2D eigenvalue weighted by atomic mass is 16.6. The Kier molecular flexibility index (Phi) is 5.99. The first-order valence-electron chi connectivity index (χ1n) is 5.88. The Hall–Kier alpha value is -1.58. The Morgan fingerprint density at radius 1 is 1.35 bits per heavy atom. The molecule has 0 saturated carbocycles. The summed E-state index contributed by atoms with van der Waals surface area (Å²) in [6, 6.07) is 1.70. The van der Waals surface area contributed by atoms with Crippen LogP contribution in [0.5, 0.6) is 0 Å². The van der Waals surface area contributed by atoms with Crippen molar-refractivity contribution in [1.82, 2.24) is 4.98 Å². The summed E-state index contributed by atoms with van der Waals surface area (Å²) in [6.07, 6.45) is -1.63. The van der Waals surface area contributed by atoms with E-state index in [4.69, 9.17) is 26.2 Å². The van der Waals surface area contributed by atoms with Gasteiger partial charge in [0.15, 0.2) is 6.29 Å². The van der Waals surface area contributed by atoms with E-state index in [-0.39, 0.29) is 0 Å². The maximum Gasteiger partial charge on any atom is 0.250 e. The van der Waals surface area contributed by atoms with Gasteiger partial charge in [-0.2, -0.15) is 0 Å². The van der Waals surface area contributed by atoms with Gasteiger partial charge in [-0.15, -0.1) is 0 Å². The van der Waals surface area contributed by atoms with Gasteiger partial charge in [0.05, 0.1) is 12.2 Å². The number of amides is 1. The third kappa shape index (κ3) is 4.22. The third-order valence-corrected chi connectivity index (χ3v) is 2.68. The number of nitrogens with two attached hydrogens (primary N) is 1. The van der Waals surface area contributed by atoms with Gasteiger partial charge in [0.2, 0.25) is 5.91 Å². The molecule has 1 aliphatic heterocycles. The van der Waals surface area contributed by atoms with Crippen LogP contribution in [-0.2, 0) is 4.74 Å². The highest BCUT2D eigenvalue weighted by Crippen LogP contribution is 2.18. The van der Waals surface area contributed by atoms with Crippen LogP contribution in [0.3, 0.4) is 0 Å². The minimum absolute atomic E-state index is 0.407. The van der Waals surface area contributed by atoms with Gasteiger partial charge in [0, 0.05) is 12.4 Å². The van der Waals surface area contributed by atoms with Crippen LogP contribution in [-0.4, -0.2) is 62.5 Å². The van der Waals surface area contributed by atoms with Crippen molar-refractivity contribution < 1.29 is 30.0 Å². The largest absolute Gasteiger partial charge is 0.394 e. The van der Waals surface area contributed by atoms with Crippen LogP contribution in [0.25, 0.3) is 0 Å². The molecule has 2 rings (SSSR count). The van der Waals surface area contributed by atoms with Crippen LogP contribution in [0.1, 0.15) is 15.9 Å². The predicted molar refractivity (Wildman–Crippen MR) is 67.5 cm³/mol. The fourth-order valence-electron chi connectivity index (χ4n) is 1.57. The lowest BCUT2D eigenvalue weighted by atomic mass is 10.1.